The van der Waals surface area contributed by atoms with Crippen LogP contribution >= 0.6 is 11.6 Å². The molecule has 0 aliphatic rings. The Hall–Kier alpha value is -1.93. The Balaban J connectivity index is 1.98. The first-order chi connectivity index (χ1) is 10.5. The lowest BCUT2D eigenvalue weighted by Crippen LogP contribution is -2.09. The number of aryl methyl sites for hydroxylation is 3. The summed E-state index contributed by atoms with van der Waals surface area (Å²) in [5.74, 6) is 0.117. The Morgan fingerprint density at radius 2 is 1.77 bits per heavy atom. The normalized spacial score (nSPS) is 11.1. The standard InChI is InChI=1S/C19H20ClNO/c1-13-5-4-6-14(2)18(13)10-17(22)12-21-11-16-8-7-15(3)19(20)9-16/h4-9,11H,10,12H2,1-3H3. The number of Topliss-reactive ketones (excluding diaryl/α,β-unsaturated/α-hetero) is 1. The van der Waals surface area contributed by atoms with Crippen molar-refractivity contribution >= 4 is 23.6 Å². The van der Waals surface area contributed by atoms with Crippen LogP contribution in [0.25, 0.3) is 0 Å². The fourth-order valence-electron chi connectivity index (χ4n) is 2.32. The molecule has 114 valence electrons. The highest BCUT2D eigenvalue weighted by molar-refractivity contribution is 6.31. The molecule has 0 bridgehead atoms. The van der Waals surface area contributed by atoms with E-state index in [-0.39, 0.29) is 12.3 Å². The molecule has 2 aromatic carbocycles. The van der Waals surface area contributed by atoms with E-state index in [1.807, 2.05) is 57.2 Å². The minimum Gasteiger partial charge on any atom is -0.297 e. The van der Waals surface area contributed by atoms with Gasteiger partial charge in [-0.1, -0.05) is 41.9 Å². The molecule has 2 aromatic rings. The van der Waals surface area contributed by atoms with Crippen molar-refractivity contribution in [2.24, 2.45) is 4.99 Å². The summed E-state index contributed by atoms with van der Waals surface area (Å²) in [6.07, 6.45) is 2.14. The summed E-state index contributed by atoms with van der Waals surface area (Å²) >= 11 is 6.07. The Kier molecular flexibility index (Phi) is 5.51. The van der Waals surface area contributed by atoms with Crippen LogP contribution in [0.5, 0.6) is 0 Å². The van der Waals surface area contributed by atoms with Crippen molar-refractivity contribution in [2.75, 3.05) is 6.54 Å². The molecule has 0 N–H and O–H groups in total. The molecule has 0 fully saturated rings. The number of halogens is 1. The van der Waals surface area contributed by atoms with Gasteiger partial charge in [-0.05, 0) is 54.7 Å². The van der Waals surface area contributed by atoms with Crippen molar-refractivity contribution in [1.29, 1.82) is 0 Å². The first-order valence-electron chi connectivity index (χ1n) is 7.30. The van der Waals surface area contributed by atoms with Gasteiger partial charge < -0.3 is 0 Å². The molecule has 2 nitrogen and oxygen atoms in total. The van der Waals surface area contributed by atoms with E-state index < -0.39 is 0 Å². The summed E-state index contributed by atoms with van der Waals surface area (Å²) < 4.78 is 0. The van der Waals surface area contributed by atoms with Gasteiger partial charge in [0, 0.05) is 17.7 Å². The highest BCUT2D eigenvalue weighted by Crippen LogP contribution is 2.16. The number of hydrogen-bond acceptors (Lipinski definition) is 2. The molecular weight excluding hydrogens is 294 g/mol. The summed E-state index contributed by atoms with van der Waals surface area (Å²) in [5, 5.41) is 0.714. The van der Waals surface area contributed by atoms with Gasteiger partial charge in [-0.15, -0.1) is 0 Å². The van der Waals surface area contributed by atoms with Crippen LogP contribution in [0.3, 0.4) is 0 Å². The van der Waals surface area contributed by atoms with Crippen molar-refractivity contribution in [3.8, 4) is 0 Å². The molecule has 22 heavy (non-hydrogen) atoms. The highest BCUT2D eigenvalue weighted by atomic mass is 35.5. The van der Waals surface area contributed by atoms with E-state index in [1.54, 1.807) is 6.21 Å². The van der Waals surface area contributed by atoms with E-state index in [9.17, 15) is 4.79 Å². The van der Waals surface area contributed by atoms with E-state index in [4.69, 9.17) is 11.6 Å². The Morgan fingerprint density at radius 3 is 2.41 bits per heavy atom. The van der Waals surface area contributed by atoms with E-state index in [1.165, 1.54) is 0 Å². The first kappa shape index (κ1) is 16.4. The third-order valence-electron chi connectivity index (χ3n) is 3.72. The maximum absolute atomic E-state index is 12.1. The van der Waals surface area contributed by atoms with Crippen LogP contribution in [0.4, 0.5) is 0 Å². The Labute approximate surface area is 136 Å². The maximum Gasteiger partial charge on any atom is 0.158 e. The molecule has 0 aliphatic heterocycles. The molecule has 3 heteroatoms. The third kappa shape index (κ3) is 4.28. The third-order valence-corrected chi connectivity index (χ3v) is 4.13. The molecule has 0 atom stereocenters. The van der Waals surface area contributed by atoms with Gasteiger partial charge in [0.2, 0.25) is 0 Å². The van der Waals surface area contributed by atoms with Crippen molar-refractivity contribution in [3.05, 3.63) is 69.2 Å². The maximum atomic E-state index is 12.1. The van der Waals surface area contributed by atoms with Gasteiger partial charge in [0.15, 0.2) is 5.78 Å². The Bertz CT molecular complexity index is 699. The molecule has 0 spiro atoms. The second-order valence-corrected chi connectivity index (χ2v) is 5.97. The van der Waals surface area contributed by atoms with E-state index in [2.05, 4.69) is 4.99 Å². The number of nitrogens with zero attached hydrogens (tertiary/aromatic N) is 1. The van der Waals surface area contributed by atoms with Gasteiger partial charge in [-0.2, -0.15) is 0 Å². The minimum atomic E-state index is 0.117. The van der Waals surface area contributed by atoms with Crippen molar-refractivity contribution in [2.45, 2.75) is 27.2 Å². The second-order valence-electron chi connectivity index (χ2n) is 5.56. The predicted octanol–water partition coefficient (Wildman–Crippen LogP) is 4.50. The summed E-state index contributed by atoms with van der Waals surface area (Å²) in [6.45, 7) is 6.22. The smallest absolute Gasteiger partial charge is 0.158 e. The molecular formula is C19H20ClNO. The number of hydrogen-bond donors (Lipinski definition) is 0. The lowest BCUT2D eigenvalue weighted by Gasteiger charge is -2.07. The van der Waals surface area contributed by atoms with E-state index in [0.29, 0.717) is 11.4 Å². The second kappa shape index (κ2) is 7.37. The van der Waals surface area contributed by atoms with Gasteiger partial charge >= 0.3 is 0 Å². The fourth-order valence-corrected chi connectivity index (χ4v) is 2.51. The summed E-state index contributed by atoms with van der Waals surface area (Å²) in [4.78, 5) is 16.3. The van der Waals surface area contributed by atoms with E-state index in [0.717, 1.165) is 27.8 Å². The molecule has 0 amide bonds. The number of carbonyl (C=O) groups excluding carboxylic acids is 1. The monoisotopic (exact) mass is 313 g/mol. The van der Waals surface area contributed by atoms with Gasteiger partial charge in [-0.3, -0.25) is 9.79 Å². The number of ketones is 1. The average molecular weight is 314 g/mol. The molecule has 0 aromatic heterocycles. The molecule has 0 heterocycles. The first-order valence-corrected chi connectivity index (χ1v) is 7.68. The number of benzene rings is 2. The topological polar surface area (TPSA) is 29.4 Å². The number of carbonyl (C=O) groups is 1. The lowest BCUT2D eigenvalue weighted by molar-refractivity contribution is -0.117. The minimum absolute atomic E-state index is 0.117. The van der Waals surface area contributed by atoms with Gasteiger partial charge in [0.1, 0.15) is 0 Å². The molecule has 2 rings (SSSR count). The summed E-state index contributed by atoms with van der Waals surface area (Å²) in [7, 11) is 0. The largest absolute Gasteiger partial charge is 0.297 e. The van der Waals surface area contributed by atoms with Crippen LogP contribution in [0.1, 0.15) is 27.8 Å². The Morgan fingerprint density at radius 1 is 1.09 bits per heavy atom. The van der Waals surface area contributed by atoms with Crippen molar-refractivity contribution in [1.82, 2.24) is 0 Å². The van der Waals surface area contributed by atoms with Crippen molar-refractivity contribution < 1.29 is 4.79 Å². The molecule has 0 unspecified atom stereocenters. The molecule has 0 saturated carbocycles. The van der Waals surface area contributed by atoms with Crippen LogP contribution < -0.4 is 0 Å². The van der Waals surface area contributed by atoms with Gasteiger partial charge in [0.05, 0.1) is 6.54 Å². The highest BCUT2D eigenvalue weighted by Gasteiger charge is 2.07. The van der Waals surface area contributed by atoms with Crippen LogP contribution in [-0.2, 0) is 11.2 Å². The molecule has 0 saturated heterocycles. The summed E-state index contributed by atoms with van der Waals surface area (Å²) in [5.41, 5.74) is 5.37. The SMILES string of the molecule is Cc1ccc(C=NCC(=O)Cc2c(C)cccc2C)cc1Cl. The average Bonchev–Trinajstić information content (AvgIpc) is 2.47. The van der Waals surface area contributed by atoms with E-state index >= 15 is 0 Å². The zero-order valence-corrected chi connectivity index (χ0v) is 13.9. The van der Waals surface area contributed by atoms with Crippen LogP contribution in [0.15, 0.2) is 41.4 Å². The quantitative estimate of drug-likeness (QED) is 0.747. The fraction of sp³-hybridized carbons (Fsp3) is 0.263. The predicted molar refractivity (Wildman–Crippen MR) is 93.3 cm³/mol. The number of rotatable bonds is 5. The zero-order chi connectivity index (χ0) is 16.1. The van der Waals surface area contributed by atoms with Gasteiger partial charge in [0.25, 0.3) is 0 Å². The zero-order valence-electron chi connectivity index (χ0n) is 13.2. The number of aliphatic imine (C=N–C) groups is 1. The lowest BCUT2D eigenvalue weighted by atomic mass is 9.98. The van der Waals surface area contributed by atoms with Crippen molar-refractivity contribution in [3.63, 3.8) is 0 Å². The van der Waals surface area contributed by atoms with Crippen LogP contribution in [-0.4, -0.2) is 18.5 Å². The summed E-state index contributed by atoms with van der Waals surface area (Å²) in [6, 6.07) is 11.8. The molecule has 0 radical (unpaired) electrons. The van der Waals surface area contributed by atoms with Gasteiger partial charge in [-0.25, -0.2) is 0 Å². The van der Waals surface area contributed by atoms with Crippen LogP contribution in [0.2, 0.25) is 5.02 Å². The molecule has 0 aliphatic carbocycles. The van der Waals surface area contributed by atoms with Crippen LogP contribution in [0, 0.1) is 20.8 Å².